The van der Waals surface area contributed by atoms with Gasteiger partial charge in [-0.25, -0.2) is 0 Å². The lowest BCUT2D eigenvalue weighted by Gasteiger charge is -2.33. The average Bonchev–Trinajstić information content (AvgIpc) is 3.10. The molecule has 0 N–H and O–H groups in total. The van der Waals surface area contributed by atoms with Gasteiger partial charge in [0.05, 0.1) is 11.4 Å². The SMILES string of the molecule is CCN(C(=O)CSc1nnnn1-c1cccc(C)c1)C1CCCCC1. The third kappa shape index (κ3) is 4.39. The number of nitrogens with zero attached hydrogens (tertiary/aromatic N) is 5. The Kier molecular flexibility index (Phi) is 6.07. The summed E-state index contributed by atoms with van der Waals surface area (Å²) >= 11 is 1.41. The van der Waals surface area contributed by atoms with Crippen LogP contribution in [0.1, 0.15) is 44.6 Å². The molecule has 1 aliphatic carbocycles. The minimum atomic E-state index is 0.179. The van der Waals surface area contributed by atoms with Gasteiger partial charge in [-0.1, -0.05) is 43.2 Å². The van der Waals surface area contributed by atoms with Gasteiger partial charge in [-0.2, -0.15) is 4.68 Å². The van der Waals surface area contributed by atoms with Crippen LogP contribution < -0.4 is 0 Å². The van der Waals surface area contributed by atoms with Crippen LogP contribution in [0.25, 0.3) is 5.69 Å². The zero-order chi connectivity index (χ0) is 17.6. The second-order valence-corrected chi connectivity index (χ2v) is 7.42. The molecular formula is C18H25N5OS. The van der Waals surface area contributed by atoms with E-state index in [0.29, 0.717) is 17.0 Å². The number of carbonyl (C=O) groups is 1. The van der Waals surface area contributed by atoms with Crippen LogP contribution in [0.4, 0.5) is 0 Å². The highest BCUT2D eigenvalue weighted by molar-refractivity contribution is 7.99. The summed E-state index contributed by atoms with van der Waals surface area (Å²) in [6.07, 6.45) is 6.01. The van der Waals surface area contributed by atoms with Crippen molar-refractivity contribution in [1.82, 2.24) is 25.1 Å². The highest BCUT2D eigenvalue weighted by atomic mass is 32.2. The second-order valence-electron chi connectivity index (χ2n) is 6.47. The maximum atomic E-state index is 12.7. The Morgan fingerprint density at radius 3 is 2.84 bits per heavy atom. The summed E-state index contributed by atoms with van der Waals surface area (Å²) in [5.74, 6) is 0.550. The molecule has 1 fully saturated rings. The van der Waals surface area contributed by atoms with E-state index in [9.17, 15) is 4.79 Å². The van der Waals surface area contributed by atoms with E-state index >= 15 is 0 Å². The van der Waals surface area contributed by atoms with E-state index in [2.05, 4.69) is 22.4 Å². The van der Waals surface area contributed by atoms with E-state index in [0.717, 1.165) is 30.6 Å². The van der Waals surface area contributed by atoms with Crippen LogP contribution in [0, 0.1) is 6.92 Å². The fourth-order valence-corrected chi connectivity index (χ4v) is 4.21. The fourth-order valence-electron chi connectivity index (χ4n) is 3.43. The number of hydrogen-bond donors (Lipinski definition) is 0. The number of aryl methyl sites for hydroxylation is 1. The van der Waals surface area contributed by atoms with Gasteiger partial charge in [-0.05, 0) is 54.8 Å². The van der Waals surface area contributed by atoms with Crippen molar-refractivity contribution >= 4 is 17.7 Å². The number of aromatic nitrogens is 4. The van der Waals surface area contributed by atoms with E-state index < -0.39 is 0 Å². The summed E-state index contributed by atoms with van der Waals surface area (Å²) in [5, 5.41) is 12.6. The van der Waals surface area contributed by atoms with Gasteiger partial charge in [0.2, 0.25) is 11.1 Å². The smallest absolute Gasteiger partial charge is 0.233 e. The van der Waals surface area contributed by atoms with Crippen molar-refractivity contribution in [1.29, 1.82) is 0 Å². The Hall–Kier alpha value is -1.89. The molecule has 0 bridgehead atoms. The molecular weight excluding hydrogens is 334 g/mol. The number of amides is 1. The molecule has 1 heterocycles. The van der Waals surface area contributed by atoms with Crippen LogP contribution in [0.3, 0.4) is 0 Å². The highest BCUT2D eigenvalue weighted by Gasteiger charge is 2.24. The van der Waals surface area contributed by atoms with Gasteiger partial charge in [0.1, 0.15) is 0 Å². The normalized spacial score (nSPS) is 15.3. The summed E-state index contributed by atoms with van der Waals surface area (Å²) in [6.45, 7) is 4.87. The minimum Gasteiger partial charge on any atom is -0.339 e. The summed E-state index contributed by atoms with van der Waals surface area (Å²) < 4.78 is 1.70. The third-order valence-electron chi connectivity index (χ3n) is 4.69. The summed E-state index contributed by atoms with van der Waals surface area (Å²) in [5.41, 5.74) is 2.06. The van der Waals surface area contributed by atoms with Crippen LogP contribution in [0.5, 0.6) is 0 Å². The zero-order valence-corrected chi connectivity index (χ0v) is 15.7. The van der Waals surface area contributed by atoms with Gasteiger partial charge in [0, 0.05) is 12.6 Å². The number of rotatable bonds is 6. The molecule has 1 aliphatic rings. The summed E-state index contributed by atoms with van der Waals surface area (Å²) in [6, 6.07) is 8.42. The quantitative estimate of drug-likeness (QED) is 0.741. The molecule has 0 aliphatic heterocycles. The maximum Gasteiger partial charge on any atom is 0.233 e. The standard InChI is InChI=1S/C18H25N5OS/c1-3-22(15-9-5-4-6-10-15)17(24)13-25-18-19-20-21-23(18)16-11-7-8-14(2)12-16/h7-8,11-12,15H,3-6,9-10,13H2,1-2H3. The van der Waals surface area contributed by atoms with E-state index in [-0.39, 0.29) is 5.91 Å². The first kappa shape index (κ1) is 17.9. The molecule has 1 aromatic carbocycles. The fraction of sp³-hybridized carbons (Fsp3) is 0.556. The van der Waals surface area contributed by atoms with Crippen LogP contribution in [-0.2, 0) is 4.79 Å². The number of tetrazole rings is 1. The Morgan fingerprint density at radius 1 is 1.32 bits per heavy atom. The van der Waals surface area contributed by atoms with Gasteiger partial charge < -0.3 is 4.90 Å². The molecule has 3 rings (SSSR count). The molecule has 0 saturated heterocycles. The molecule has 1 aromatic heterocycles. The van der Waals surface area contributed by atoms with Crippen LogP contribution >= 0.6 is 11.8 Å². The molecule has 6 nitrogen and oxygen atoms in total. The predicted octanol–water partition coefficient (Wildman–Crippen LogP) is 3.24. The van der Waals surface area contributed by atoms with Crippen molar-refractivity contribution in [3.63, 3.8) is 0 Å². The lowest BCUT2D eigenvalue weighted by atomic mass is 9.94. The Morgan fingerprint density at radius 2 is 2.12 bits per heavy atom. The third-order valence-corrected chi connectivity index (χ3v) is 5.59. The van der Waals surface area contributed by atoms with Crippen LogP contribution in [0.2, 0.25) is 0 Å². The first-order valence-corrected chi connectivity index (χ1v) is 9.95. The number of hydrogen-bond acceptors (Lipinski definition) is 5. The molecule has 0 radical (unpaired) electrons. The summed E-state index contributed by atoms with van der Waals surface area (Å²) in [7, 11) is 0. The largest absolute Gasteiger partial charge is 0.339 e. The minimum absolute atomic E-state index is 0.179. The molecule has 7 heteroatoms. The number of thioether (sulfide) groups is 1. The van der Waals surface area contributed by atoms with Crippen molar-refractivity contribution in [3.8, 4) is 5.69 Å². The molecule has 0 spiro atoms. The Bertz CT molecular complexity index is 711. The molecule has 25 heavy (non-hydrogen) atoms. The highest BCUT2D eigenvalue weighted by Crippen LogP contribution is 2.24. The van der Waals surface area contributed by atoms with Gasteiger partial charge in [-0.15, -0.1) is 5.10 Å². The molecule has 2 aromatic rings. The van der Waals surface area contributed by atoms with E-state index in [1.807, 2.05) is 36.1 Å². The van der Waals surface area contributed by atoms with E-state index in [4.69, 9.17) is 0 Å². The van der Waals surface area contributed by atoms with Crippen molar-refractivity contribution in [2.45, 2.75) is 57.1 Å². The van der Waals surface area contributed by atoms with Crippen molar-refractivity contribution in [3.05, 3.63) is 29.8 Å². The number of benzene rings is 1. The van der Waals surface area contributed by atoms with Crippen LogP contribution in [-0.4, -0.2) is 49.4 Å². The predicted molar refractivity (Wildman–Crippen MR) is 98.9 cm³/mol. The van der Waals surface area contributed by atoms with Gasteiger partial charge in [0.15, 0.2) is 0 Å². The maximum absolute atomic E-state index is 12.7. The molecule has 1 amide bonds. The number of carbonyl (C=O) groups excluding carboxylic acids is 1. The van der Waals surface area contributed by atoms with Crippen molar-refractivity contribution in [2.24, 2.45) is 0 Å². The molecule has 0 atom stereocenters. The van der Waals surface area contributed by atoms with Crippen molar-refractivity contribution in [2.75, 3.05) is 12.3 Å². The lowest BCUT2D eigenvalue weighted by Crippen LogP contribution is -2.42. The topological polar surface area (TPSA) is 63.9 Å². The van der Waals surface area contributed by atoms with Crippen molar-refractivity contribution < 1.29 is 4.79 Å². The Balaban J connectivity index is 1.65. The van der Waals surface area contributed by atoms with E-state index in [1.54, 1.807) is 4.68 Å². The first-order chi connectivity index (χ1) is 12.2. The Labute approximate surface area is 153 Å². The van der Waals surface area contributed by atoms with E-state index in [1.165, 1.54) is 31.0 Å². The van der Waals surface area contributed by atoms with Crippen LogP contribution in [0.15, 0.2) is 29.4 Å². The summed E-state index contributed by atoms with van der Waals surface area (Å²) in [4.78, 5) is 14.7. The second kappa shape index (κ2) is 8.47. The van der Waals surface area contributed by atoms with Gasteiger partial charge in [-0.3, -0.25) is 4.79 Å². The van der Waals surface area contributed by atoms with Gasteiger partial charge >= 0.3 is 0 Å². The zero-order valence-electron chi connectivity index (χ0n) is 14.9. The molecule has 0 unspecified atom stereocenters. The van der Waals surface area contributed by atoms with Gasteiger partial charge in [0.25, 0.3) is 0 Å². The molecule has 1 saturated carbocycles. The average molecular weight is 359 g/mol. The lowest BCUT2D eigenvalue weighted by molar-refractivity contribution is -0.131. The molecule has 134 valence electrons. The monoisotopic (exact) mass is 359 g/mol. The first-order valence-electron chi connectivity index (χ1n) is 8.96.